The summed E-state index contributed by atoms with van der Waals surface area (Å²) in [4.78, 5) is 0. The van der Waals surface area contributed by atoms with Crippen molar-refractivity contribution < 1.29 is 8.39 Å². The lowest BCUT2D eigenvalue weighted by Gasteiger charge is -2.32. The predicted molar refractivity (Wildman–Crippen MR) is 176 cm³/mol. The van der Waals surface area contributed by atoms with Crippen LogP contribution < -0.4 is 4.67 Å². The molecule has 0 bridgehead atoms. The third-order valence-electron chi connectivity index (χ3n) is 9.21. The molecule has 7 rings (SSSR count). The molecule has 0 fully saturated rings. The maximum absolute atomic E-state index is 7.23. The number of hydrogen-bond donors (Lipinski definition) is 0. The third kappa shape index (κ3) is 4.66. The first kappa shape index (κ1) is 27.1. The zero-order valence-corrected chi connectivity index (χ0v) is 25.7. The van der Waals surface area contributed by atoms with E-state index in [9.17, 15) is 0 Å². The Morgan fingerprint density at radius 2 is 1.38 bits per heavy atom. The summed E-state index contributed by atoms with van der Waals surface area (Å²) in [7, 11) is -1.50. The quantitative estimate of drug-likeness (QED) is 0.210. The SMILES string of the molecule is CC1Cc2op(N(C(C)c3ccccc3)C(C)c3ccccc3)oc3ccc4c(c3c2-c2ccccc21)C(C)CC=C4. The van der Waals surface area contributed by atoms with Gasteiger partial charge in [-0.15, -0.1) is 0 Å². The van der Waals surface area contributed by atoms with Crippen LogP contribution in [0.3, 0.4) is 0 Å². The first-order valence-corrected chi connectivity index (χ1v) is 16.3. The van der Waals surface area contributed by atoms with E-state index in [2.05, 4.69) is 142 Å². The van der Waals surface area contributed by atoms with Gasteiger partial charge in [-0.2, -0.15) is 4.67 Å². The summed E-state index contributed by atoms with van der Waals surface area (Å²) in [5.74, 6) is 1.82. The van der Waals surface area contributed by atoms with Gasteiger partial charge in [0.05, 0.1) is 0 Å². The molecular weight excluding hydrogens is 533 g/mol. The molecule has 1 aromatic heterocycles. The molecule has 0 spiro atoms. The van der Waals surface area contributed by atoms with Gasteiger partial charge in [0, 0.05) is 29.5 Å². The van der Waals surface area contributed by atoms with Crippen molar-refractivity contribution in [3.63, 3.8) is 0 Å². The third-order valence-corrected chi connectivity index (χ3v) is 11.0. The number of rotatable bonds is 5. The van der Waals surface area contributed by atoms with E-state index in [1.807, 2.05) is 0 Å². The molecule has 2 aliphatic carbocycles. The monoisotopic (exact) mass is 571 g/mol. The standard InChI is InChI=1S/C38H38NO2P/c1-25-14-13-19-31-22-23-34-38(36(25)31)37-33-21-12-11-20-32(33)26(2)24-35(37)41-42(40-34)39(27(3)29-15-7-5-8-16-29)28(4)30-17-9-6-10-18-30/h5-13,15-23,25-28H,14,24H2,1-4H3. The number of fused-ring (bicyclic) bond motifs is 7. The van der Waals surface area contributed by atoms with Crippen molar-refractivity contribution in [3.05, 3.63) is 137 Å². The molecule has 1 heterocycles. The number of allylic oxidation sites excluding steroid dienone is 1. The van der Waals surface area contributed by atoms with E-state index in [1.165, 1.54) is 44.3 Å². The van der Waals surface area contributed by atoms with E-state index in [1.54, 1.807) is 0 Å². The molecule has 5 atom stereocenters. The maximum atomic E-state index is 7.23. The summed E-state index contributed by atoms with van der Waals surface area (Å²) >= 11 is 0. The Labute approximate surface area is 250 Å². The van der Waals surface area contributed by atoms with Crippen molar-refractivity contribution >= 4 is 25.2 Å². The molecule has 0 radical (unpaired) electrons. The summed E-state index contributed by atoms with van der Waals surface area (Å²) in [5.41, 5.74) is 10.00. The van der Waals surface area contributed by atoms with Crippen LogP contribution in [0.15, 0.2) is 112 Å². The molecule has 0 saturated carbocycles. The molecule has 0 amide bonds. The van der Waals surface area contributed by atoms with Crippen LogP contribution in [0, 0.1) is 0 Å². The highest BCUT2D eigenvalue weighted by atomic mass is 31.1. The zero-order chi connectivity index (χ0) is 28.8. The van der Waals surface area contributed by atoms with E-state index in [0.29, 0.717) is 11.8 Å². The minimum atomic E-state index is -1.50. The van der Waals surface area contributed by atoms with Crippen LogP contribution in [-0.2, 0) is 6.42 Å². The fraction of sp³-hybridized carbons (Fsp3) is 0.263. The molecule has 2 aliphatic rings. The highest BCUT2D eigenvalue weighted by Gasteiger charge is 2.33. The molecule has 212 valence electrons. The maximum Gasteiger partial charge on any atom is 0.310 e. The second kappa shape index (κ2) is 11.1. The Balaban J connectivity index is 1.56. The van der Waals surface area contributed by atoms with E-state index < -0.39 is 8.16 Å². The molecule has 0 N–H and O–H groups in total. The van der Waals surface area contributed by atoms with Gasteiger partial charge >= 0.3 is 8.16 Å². The van der Waals surface area contributed by atoms with Gasteiger partial charge in [-0.05, 0) is 71.6 Å². The van der Waals surface area contributed by atoms with Gasteiger partial charge in [0.2, 0.25) is 0 Å². The first-order chi connectivity index (χ1) is 20.5. The average Bonchev–Trinajstić information content (AvgIpc) is 3.19. The second-order valence-corrected chi connectivity index (χ2v) is 13.2. The normalized spacial score (nSPS) is 19.1. The van der Waals surface area contributed by atoms with Crippen LogP contribution in [0.2, 0.25) is 0 Å². The Morgan fingerprint density at radius 1 is 0.738 bits per heavy atom. The zero-order valence-electron chi connectivity index (χ0n) is 24.8. The van der Waals surface area contributed by atoms with Crippen molar-refractivity contribution in [2.24, 2.45) is 0 Å². The summed E-state index contributed by atoms with van der Waals surface area (Å²) < 4.78 is 16.9. The molecule has 0 aliphatic heterocycles. The smallest absolute Gasteiger partial charge is 0.310 e. The van der Waals surface area contributed by atoms with Crippen LogP contribution in [0.1, 0.15) is 91.6 Å². The highest BCUT2D eigenvalue weighted by molar-refractivity contribution is 7.38. The van der Waals surface area contributed by atoms with Crippen molar-refractivity contribution in [3.8, 4) is 11.1 Å². The lowest BCUT2D eigenvalue weighted by atomic mass is 9.78. The largest absolute Gasteiger partial charge is 0.412 e. The Bertz CT molecular complexity index is 1760. The molecule has 5 aromatic rings. The molecule has 0 saturated heterocycles. The van der Waals surface area contributed by atoms with Crippen molar-refractivity contribution in [2.45, 2.75) is 64.5 Å². The van der Waals surface area contributed by atoms with Crippen LogP contribution in [0.25, 0.3) is 28.2 Å². The lowest BCUT2D eigenvalue weighted by Crippen LogP contribution is -2.27. The first-order valence-electron chi connectivity index (χ1n) is 15.2. The molecular formula is C38H38NO2P. The van der Waals surface area contributed by atoms with E-state index >= 15 is 0 Å². The molecule has 4 heteroatoms. The van der Waals surface area contributed by atoms with Gasteiger partial charge < -0.3 is 8.39 Å². The molecule has 4 aromatic carbocycles. The minimum absolute atomic E-state index is 0.0749. The van der Waals surface area contributed by atoms with Gasteiger partial charge in [0.15, 0.2) is 0 Å². The van der Waals surface area contributed by atoms with E-state index in [0.717, 1.165) is 24.2 Å². The van der Waals surface area contributed by atoms with Gasteiger partial charge in [-0.3, -0.25) is 0 Å². The summed E-state index contributed by atoms with van der Waals surface area (Å²) in [5, 5.41) is 1.23. The fourth-order valence-electron chi connectivity index (χ4n) is 6.97. The van der Waals surface area contributed by atoms with Gasteiger partial charge in [-0.1, -0.05) is 117 Å². The molecule has 42 heavy (non-hydrogen) atoms. The fourth-order valence-corrected chi connectivity index (χ4v) is 8.71. The van der Waals surface area contributed by atoms with Gasteiger partial charge in [0.1, 0.15) is 11.3 Å². The van der Waals surface area contributed by atoms with Crippen molar-refractivity contribution in [1.82, 2.24) is 0 Å². The van der Waals surface area contributed by atoms with E-state index in [4.69, 9.17) is 8.39 Å². The van der Waals surface area contributed by atoms with Gasteiger partial charge in [-0.25, -0.2) is 0 Å². The van der Waals surface area contributed by atoms with Crippen molar-refractivity contribution in [1.29, 1.82) is 0 Å². The lowest BCUT2D eigenvalue weighted by molar-refractivity contribution is 0.506. The van der Waals surface area contributed by atoms with Crippen molar-refractivity contribution in [2.75, 3.05) is 4.67 Å². The van der Waals surface area contributed by atoms with Crippen LogP contribution in [-0.4, -0.2) is 0 Å². The number of nitrogens with zero attached hydrogens (tertiary/aromatic N) is 1. The topological polar surface area (TPSA) is 29.5 Å². The van der Waals surface area contributed by atoms with Crippen LogP contribution in [0.5, 0.6) is 0 Å². The van der Waals surface area contributed by atoms with E-state index in [-0.39, 0.29) is 12.1 Å². The summed E-state index contributed by atoms with van der Waals surface area (Å²) in [6.07, 6.45) is 6.47. The minimum Gasteiger partial charge on any atom is -0.412 e. The Kier molecular flexibility index (Phi) is 7.18. The van der Waals surface area contributed by atoms with Crippen LogP contribution in [0.4, 0.5) is 0 Å². The highest BCUT2D eigenvalue weighted by Crippen LogP contribution is 2.52. The average molecular weight is 572 g/mol. The second-order valence-electron chi connectivity index (χ2n) is 11.9. The van der Waals surface area contributed by atoms with Gasteiger partial charge in [0.25, 0.3) is 0 Å². The summed E-state index contributed by atoms with van der Waals surface area (Å²) in [6, 6.07) is 35.0. The Morgan fingerprint density at radius 3 is 2.07 bits per heavy atom. The van der Waals surface area contributed by atoms with Crippen LogP contribution >= 0.6 is 8.16 Å². The molecule has 3 nitrogen and oxygen atoms in total. The Hall–Kier alpha value is -3.78. The number of benzene rings is 4. The number of hydrogen-bond acceptors (Lipinski definition) is 3. The summed E-state index contributed by atoms with van der Waals surface area (Å²) in [6.45, 7) is 9.23. The molecule has 5 unspecified atom stereocenters. The predicted octanol–water partition coefficient (Wildman–Crippen LogP) is 11.4.